The van der Waals surface area contributed by atoms with Gasteiger partial charge in [0, 0.05) is 6.61 Å². The summed E-state index contributed by atoms with van der Waals surface area (Å²) in [7, 11) is 0. The van der Waals surface area contributed by atoms with Crippen LogP contribution in [0.15, 0.2) is 30.8 Å². The Morgan fingerprint density at radius 3 is 2.75 bits per heavy atom. The van der Waals surface area contributed by atoms with Crippen molar-refractivity contribution in [3.63, 3.8) is 0 Å². The molecule has 0 radical (unpaired) electrons. The van der Waals surface area contributed by atoms with Crippen LogP contribution in [0.5, 0.6) is 0 Å². The van der Waals surface area contributed by atoms with Gasteiger partial charge in [0.2, 0.25) is 0 Å². The summed E-state index contributed by atoms with van der Waals surface area (Å²) in [5.74, 6) is 0. The van der Waals surface area contributed by atoms with Gasteiger partial charge in [0.1, 0.15) is 0 Å². The Morgan fingerprint density at radius 1 is 1.38 bits per heavy atom. The lowest BCUT2D eigenvalue weighted by Gasteiger charge is -2.04. The lowest BCUT2D eigenvalue weighted by Crippen LogP contribution is -1.97. The molecule has 1 aromatic carbocycles. The molecule has 1 aromatic rings. The molecule has 0 aliphatic carbocycles. The molecule has 1 heterocycles. The van der Waals surface area contributed by atoms with E-state index in [0.29, 0.717) is 12.7 Å². The Hall–Kier alpha value is -1.12. The predicted molar refractivity (Wildman–Crippen MR) is 65.2 cm³/mol. The number of epoxide rings is 1. The monoisotopic (exact) mass is 218 g/mol. The van der Waals surface area contributed by atoms with Crippen molar-refractivity contribution in [2.24, 2.45) is 0 Å². The van der Waals surface area contributed by atoms with Gasteiger partial charge in [-0.05, 0) is 24.0 Å². The van der Waals surface area contributed by atoms with E-state index in [1.807, 2.05) is 6.08 Å². The zero-order chi connectivity index (χ0) is 11.2. The molecule has 1 fully saturated rings. The minimum atomic E-state index is 0.524. The van der Waals surface area contributed by atoms with Crippen LogP contribution in [-0.4, -0.2) is 19.3 Å². The zero-order valence-corrected chi connectivity index (χ0v) is 9.52. The third kappa shape index (κ3) is 3.80. The molecule has 0 N–H and O–H groups in total. The quantitative estimate of drug-likeness (QED) is 0.518. The lowest BCUT2D eigenvalue weighted by atomic mass is 10.1. The Morgan fingerprint density at radius 2 is 2.12 bits per heavy atom. The first-order chi connectivity index (χ1) is 7.88. The molecule has 1 aliphatic rings. The highest BCUT2D eigenvalue weighted by Gasteiger charge is 2.20. The lowest BCUT2D eigenvalue weighted by molar-refractivity contribution is 0.115. The third-order valence-corrected chi connectivity index (χ3v) is 2.70. The molecule has 86 valence electrons. The summed E-state index contributed by atoms with van der Waals surface area (Å²) >= 11 is 0. The van der Waals surface area contributed by atoms with Crippen molar-refractivity contribution >= 4 is 6.08 Å². The molecular formula is C14H18O2. The van der Waals surface area contributed by atoms with Crippen LogP contribution in [0.4, 0.5) is 0 Å². The number of benzene rings is 1. The molecule has 2 nitrogen and oxygen atoms in total. The van der Waals surface area contributed by atoms with Crippen molar-refractivity contribution in [2.75, 3.05) is 13.2 Å². The minimum Gasteiger partial charge on any atom is -0.377 e. The fourth-order valence-electron chi connectivity index (χ4n) is 1.59. The molecule has 1 unspecified atom stereocenters. The van der Waals surface area contributed by atoms with E-state index < -0.39 is 0 Å². The van der Waals surface area contributed by atoms with Gasteiger partial charge in [0.25, 0.3) is 0 Å². The summed E-state index contributed by atoms with van der Waals surface area (Å²) in [4.78, 5) is 0. The van der Waals surface area contributed by atoms with Gasteiger partial charge in [-0.2, -0.15) is 0 Å². The van der Waals surface area contributed by atoms with Crippen molar-refractivity contribution < 1.29 is 9.47 Å². The fourth-order valence-corrected chi connectivity index (χ4v) is 1.59. The van der Waals surface area contributed by atoms with E-state index in [1.54, 1.807) is 0 Å². The van der Waals surface area contributed by atoms with E-state index in [0.717, 1.165) is 31.6 Å². The first-order valence-electron chi connectivity index (χ1n) is 5.79. The second kappa shape index (κ2) is 5.83. The second-order valence-corrected chi connectivity index (χ2v) is 4.10. The summed E-state index contributed by atoms with van der Waals surface area (Å²) in [5.41, 5.74) is 2.36. The van der Waals surface area contributed by atoms with Gasteiger partial charge in [0.15, 0.2) is 0 Å². The first-order valence-corrected chi connectivity index (χ1v) is 5.79. The first kappa shape index (κ1) is 11.4. The van der Waals surface area contributed by atoms with Gasteiger partial charge < -0.3 is 9.47 Å². The minimum absolute atomic E-state index is 0.524. The molecular weight excluding hydrogens is 200 g/mol. The third-order valence-electron chi connectivity index (χ3n) is 2.70. The molecule has 16 heavy (non-hydrogen) atoms. The number of hydrogen-bond acceptors (Lipinski definition) is 2. The fraction of sp³-hybridized carbons (Fsp3) is 0.429. The number of rotatable bonds is 7. The molecule has 1 atom stereocenters. The summed E-state index contributed by atoms with van der Waals surface area (Å²) in [5, 5.41) is 0. The summed E-state index contributed by atoms with van der Waals surface area (Å²) in [6.07, 6.45) is 4.60. The maximum atomic E-state index is 5.59. The SMILES string of the molecule is C=Cc1ccc(COCCCC2CO2)cc1. The summed E-state index contributed by atoms with van der Waals surface area (Å²) in [6.45, 7) is 6.19. The van der Waals surface area contributed by atoms with Crippen molar-refractivity contribution in [3.8, 4) is 0 Å². The molecule has 0 bridgehead atoms. The van der Waals surface area contributed by atoms with E-state index in [1.165, 1.54) is 5.56 Å². The van der Waals surface area contributed by atoms with Crippen LogP contribution in [0, 0.1) is 0 Å². The average Bonchev–Trinajstić information content (AvgIpc) is 3.13. The normalized spacial score (nSPS) is 18.4. The van der Waals surface area contributed by atoms with E-state index in [9.17, 15) is 0 Å². The van der Waals surface area contributed by atoms with Crippen LogP contribution in [-0.2, 0) is 16.1 Å². The van der Waals surface area contributed by atoms with Crippen molar-refractivity contribution in [1.29, 1.82) is 0 Å². The standard InChI is InChI=1S/C14H18O2/c1-2-12-5-7-13(8-6-12)10-15-9-3-4-14-11-16-14/h2,5-8,14H,1,3-4,9-11H2. The second-order valence-electron chi connectivity index (χ2n) is 4.10. The van der Waals surface area contributed by atoms with Gasteiger partial charge in [-0.15, -0.1) is 0 Å². The maximum Gasteiger partial charge on any atom is 0.0810 e. The van der Waals surface area contributed by atoms with Crippen LogP contribution >= 0.6 is 0 Å². The zero-order valence-electron chi connectivity index (χ0n) is 9.52. The van der Waals surface area contributed by atoms with Gasteiger partial charge in [-0.1, -0.05) is 36.9 Å². The number of hydrogen-bond donors (Lipinski definition) is 0. The Labute approximate surface area is 96.9 Å². The van der Waals surface area contributed by atoms with Crippen molar-refractivity contribution in [3.05, 3.63) is 42.0 Å². The molecule has 0 amide bonds. The summed E-state index contributed by atoms with van der Waals surface area (Å²) in [6, 6.07) is 8.29. The Balaban J connectivity index is 1.61. The van der Waals surface area contributed by atoms with Crippen LogP contribution in [0.3, 0.4) is 0 Å². The number of ether oxygens (including phenoxy) is 2. The topological polar surface area (TPSA) is 21.8 Å². The predicted octanol–water partition coefficient (Wildman–Crippen LogP) is 3.03. The smallest absolute Gasteiger partial charge is 0.0810 e. The highest BCUT2D eigenvalue weighted by molar-refractivity contribution is 5.47. The highest BCUT2D eigenvalue weighted by atomic mass is 16.6. The molecule has 0 aromatic heterocycles. The summed E-state index contributed by atoms with van der Waals surface area (Å²) < 4.78 is 10.7. The van der Waals surface area contributed by atoms with E-state index in [4.69, 9.17) is 9.47 Å². The molecule has 2 rings (SSSR count). The molecule has 0 spiro atoms. The van der Waals surface area contributed by atoms with Crippen LogP contribution < -0.4 is 0 Å². The van der Waals surface area contributed by atoms with Crippen LogP contribution in [0.25, 0.3) is 6.08 Å². The molecule has 0 saturated carbocycles. The molecule has 1 saturated heterocycles. The van der Waals surface area contributed by atoms with Gasteiger partial charge >= 0.3 is 0 Å². The van der Waals surface area contributed by atoms with E-state index in [2.05, 4.69) is 30.8 Å². The van der Waals surface area contributed by atoms with Crippen molar-refractivity contribution in [2.45, 2.75) is 25.6 Å². The average molecular weight is 218 g/mol. The van der Waals surface area contributed by atoms with E-state index >= 15 is 0 Å². The Bertz CT molecular complexity index is 325. The highest BCUT2D eigenvalue weighted by Crippen LogP contribution is 2.15. The van der Waals surface area contributed by atoms with Crippen molar-refractivity contribution in [1.82, 2.24) is 0 Å². The largest absolute Gasteiger partial charge is 0.377 e. The van der Waals surface area contributed by atoms with Gasteiger partial charge in [0.05, 0.1) is 19.3 Å². The van der Waals surface area contributed by atoms with E-state index in [-0.39, 0.29) is 0 Å². The molecule has 2 heteroatoms. The van der Waals surface area contributed by atoms with Crippen LogP contribution in [0.2, 0.25) is 0 Å². The Kier molecular flexibility index (Phi) is 4.14. The maximum absolute atomic E-state index is 5.59. The molecule has 1 aliphatic heterocycles. The van der Waals surface area contributed by atoms with Gasteiger partial charge in [-0.3, -0.25) is 0 Å². The van der Waals surface area contributed by atoms with Gasteiger partial charge in [-0.25, -0.2) is 0 Å². The van der Waals surface area contributed by atoms with Crippen LogP contribution in [0.1, 0.15) is 24.0 Å².